The fourth-order valence-electron chi connectivity index (χ4n) is 16.3. The third kappa shape index (κ3) is 6.89. The summed E-state index contributed by atoms with van der Waals surface area (Å²) in [5.41, 5.74) is 35.5. The Morgan fingerprint density at radius 2 is 0.809 bits per heavy atom. The summed E-state index contributed by atoms with van der Waals surface area (Å²) in [6.07, 6.45) is 13.6. The van der Waals surface area contributed by atoms with Gasteiger partial charge in [-0.25, -0.2) is 0 Å². The van der Waals surface area contributed by atoms with Crippen molar-refractivity contribution in [3.63, 3.8) is 0 Å². The molecule has 0 saturated carbocycles. The monoisotopic (exact) mass is 1120 g/mol. The van der Waals surface area contributed by atoms with Gasteiger partial charge in [0.1, 0.15) is 0 Å². The van der Waals surface area contributed by atoms with E-state index in [2.05, 4.69) is 285 Å². The number of hydrogen-bond donors (Lipinski definition) is 0. The van der Waals surface area contributed by atoms with E-state index in [4.69, 9.17) is 0 Å². The summed E-state index contributed by atoms with van der Waals surface area (Å²) in [6.45, 7) is 0. The maximum Gasteiger partial charge on any atom is 0.0995 e. The van der Waals surface area contributed by atoms with E-state index in [-0.39, 0.29) is 5.92 Å². The zero-order valence-electron chi connectivity index (χ0n) is 48.1. The lowest BCUT2D eigenvalue weighted by Crippen LogP contribution is -2.21. The van der Waals surface area contributed by atoms with Crippen molar-refractivity contribution in [3.8, 4) is 135 Å². The van der Waals surface area contributed by atoms with Gasteiger partial charge in [0.05, 0.1) is 23.3 Å². The van der Waals surface area contributed by atoms with Gasteiger partial charge in [0.15, 0.2) is 0 Å². The molecule has 0 N–H and O–H groups in total. The Morgan fingerprint density at radius 1 is 0.303 bits per heavy atom. The Labute approximate surface area is 515 Å². The standard InChI is InChI=1S/C87H48N2/c88-48-50-36-37-58-67-42-40-61(64-29-16-31-65(82(64)67)74(58)44-50)77-47-73(52-20-7-2-8-21-52)85-70-35-17-30-62-59(41-43-71(83(62)70)87(85)80(77)55-24-11-4-12-25-55)75-45-56(49-89)57-38-39-60(63-28-15-32-66(75)81(57)63)76-46-72(51-18-5-1-6-19-51)84-68-33-13-26-53-27-14-34-69(78(53)68)86(84)79(76)54-22-9-3-10-23-54/h1-47,81H. The van der Waals surface area contributed by atoms with Gasteiger partial charge in [-0.05, 0) is 224 Å². The summed E-state index contributed by atoms with van der Waals surface area (Å²) in [5, 5.41) is 28.7. The van der Waals surface area contributed by atoms with Crippen LogP contribution in [0.5, 0.6) is 0 Å². The molecule has 1 atom stereocenters. The summed E-state index contributed by atoms with van der Waals surface area (Å²) in [6, 6.07) is 96.4. The number of nitrogens with zero attached hydrogens (tertiary/aromatic N) is 2. The lowest BCUT2D eigenvalue weighted by Gasteiger charge is -2.36. The molecule has 2 nitrogen and oxygen atoms in total. The molecule has 0 radical (unpaired) electrons. The Kier molecular flexibility index (Phi) is 10.4. The maximum absolute atomic E-state index is 11.4. The molecule has 1 unspecified atom stereocenters. The van der Waals surface area contributed by atoms with Crippen molar-refractivity contribution in [2.45, 2.75) is 0 Å². The quantitative estimate of drug-likeness (QED) is 0.160. The lowest BCUT2D eigenvalue weighted by molar-refractivity contribution is 0.882. The Balaban J connectivity index is 0.825. The van der Waals surface area contributed by atoms with E-state index in [1.165, 1.54) is 133 Å². The van der Waals surface area contributed by atoms with Crippen LogP contribution in [-0.2, 0) is 0 Å². The van der Waals surface area contributed by atoms with Crippen molar-refractivity contribution in [1.82, 2.24) is 0 Å². The Hall–Kier alpha value is -11.9. The molecule has 6 aliphatic carbocycles. The topological polar surface area (TPSA) is 47.6 Å². The predicted octanol–water partition coefficient (Wildman–Crippen LogP) is 22.6. The molecule has 0 saturated heterocycles. The molecule has 406 valence electrons. The van der Waals surface area contributed by atoms with Crippen LogP contribution in [0, 0.1) is 28.6 Å². The molecule has 2 heteroatoms. The molecule has 19 rings (SSSR count). The molecule has 0 spiro atoms. The first-order valence-corrected chi connectivity index (χ1v) is 30.6. The average molecular weight is 1120 g/mol. The third-order valence-corrected chi connectivity index (χ3v) is 19.9. The molecule has 0 fully saturated rings. The van der Waals surface area contributed by atoms with Gasteiger partial charge in [0, 0.05) is 5.92 Å². The van der Waals surface area contributed by atoms with Gasteiger partial charge in [-0.2, -0.15) is 10.5 Å². The predicted molar refractivity (Wildman–Crippen MR) is 368 cm³/mol. The molecule has 0 aliphatic heterocycles. The number of fused-ring (bicyclic) bond motifs is 9. The third-order valence-electron chi connectivity index (χ3n) is 19.9. The van der Waals surface area contributed by atoms with Crippen LogP contribution < -0.4 is 0 Å². The van der Waals surface area contributed by atoms with Crippen LogP contribution in [0.2, 0.25) is 0 Å². The van der Waals surface area contributed by atoms with E-state index < -0.39 is 0 Å². The lowest BCUT2D eigenvalue weighted by atomic mass is 9.67. The minimum absolute atomic E-state index is 0.191. The molecule has 0 aromatic heterocycles. The van der Waals surface area contributed by atoms with E-state index in [9.17, 15) is 10.5 Å². The SMILES string of the molecule is N#CC1=C2C=CC(c3cc(-c4ccccc4)c4c(c3-c3ccccc3)-c3cccc5cccc-4c35)=C3C=CC=C(C(c4ccc5c6c(cccc46)-c4c(-c6ccccc6)cc(-c6ccc7c8c(cccc68)-c6cc(C#N)ccc6-7)c(-c6ccccc6)c4-5)=C1)C23. The van der Waals surface area contributed by atoms with Crippen LogP contribution >= 0.6 is 0 Å². The Bertz CT molecular complexity index is 5690. The van der Waals surface area contributed by atoms with Crippen LogP contribution in [-0.4, -0.2) is 0 Å². The highest BCUT2D eigenvalue weighted by Gasteiger charge is 2.39. The second-order valence-electron chi connectivity index (χ2n) is 24.2. The molecule has 0 amide bonds. The second-order valence-corrected chi connectivity index (χ2v) is 24.2. The first kappa shape index (κ1) is 49.3. The summed E-state index contributed by atoms with van der Waals surface area (Å²) >= 11 is 0. The highest BCUT2D eigenvalue weighted by atomic mass is 14.4. The largest absolute Gasteiger partial charge is 0.192 e. The Morgan fingerprint density at radius 3 is 1.46 bits per heavy atom. The van der Waals surface area contributed by atoms with Gasteiger partial charge < -0.3 is 0 Å². The number of nitriles is 2. The van der Waals surface area contributed by atoms with E-state index in [1.54, 1.807) is 0 Å². The normalized spacial score (nSPS) is 14.8. The fraction of sp³-hybridized carbons (Fsp3) is 0.0115. The molecule has 6 aliphatic rings. The molecular formula is C87H48N2. The fourth-order valence-corrected chi connectivity index (χ4v) is 16.3. The second kappa shape index (κ2) is 18.8. The van der Waals surface area contributed by atoms with Gasteiger partial charge in [0.25, 0.3) is 0 Å². The molecule has 89 heavy (non-hydrogen) atoms. The number of rotatable bonds is 7. The van der Waals surface area contributed by atoms with E-state index in [0.717, 1.165) is 61.0 Å². The van der Waals surface area contributed by atoms with Crippen molar-refractivity contribution in [1.29, 1.82) is 10.5 Å². The van der Waals surface area contributed by atoms with Gasteiger partial charge in [-0.1, -0.05) is 255 Å². The van der Waals surface area contributed by atoms with E-state index in [0.29, 0.717) is 11.1 Å². The average Bonchev–Trinajstić information content (AvgIpc) is 1.63. The van der Waals surface area contributed by atoms with Crippen molar-refractivity contribution in [2.75, 3.05) is 0 Å². The van der Waals surface area contributed by atoms with E-state index in [1.807, 2.05) is 12.1 Å². The van der Waals surface area contributed by atoms with Crippen molar-refractivity contribution < 1.29 is 0 Å². The highest BCUT2D eigenvalue weighted by Crippen LogP contribution is 2.62. The zero-order chi connectivity index (χ0) is 58.6. The van der Waals surface area contributed by atoms with Gasteiger partial charge in [-0.3, -0.25) is 0 Å². The molecule has 0 bridgehead atoms. The van der Waals surface area contributed by atoms with E-state index >= 15 is 0 Å². The first-order chi connectivity index (χ1) is 44.1. The minimum Gasteiger partial charge on any atom is -0.192 e. The number of benzene rings is 13. The molecule has 13 aromatic rings. The minimum atomic E-state index is -0.191. The smallest absolute Gasteiger partial charge is 0.0995 e. The first-order valence-electron chi connectivity index (χ1n) is 30.6. The van der Waals surface area contributed by atoms with Crippen LogP contribution in [0.15, 0.2) is 307 Å². The van der Waals surface area contributed by atoms with Gasteiger partial charge in [0.2, 0.25) is 0 Å². The zero-order valence-corrected chi connectivity index (χ0v) is 48.1. The van der Waals surface area contributed by atoms with Crippen molar-refractivity contribution >= 4 is 43.5 Å². The van der Waals surface area contributed by atoms with Crippen molar-refractivity contribution in [2.24, 2.45) is 5.92 Å². The summed E-state index contributed by atoms with van der Waals surface area (Å²) in [4.78, 5) is 0. The summed E-state index contributed by atoms with van der Waals surface area (Å²) < 4.78 is 0. The molecule has 13 aromatic carbocycles. The molecule has 0 heterocycles. The van der Waals surface area contributed by atoms with Crippen LogP contribution in [0.25, 0.3) is 166 Å². The summed E-state index contributed by atoms with van der Waals surface area (Å²) in [7, 11) is 0. The number of allylic oxidation sites excluding steroid dienone is 12. The highest BCUT2D eigenvalue weighted by molar-refractivity contribution is 6.27. The van der Waals surface area contributed by atoms with Crippen LogP contribution in [0.4, 0.5) is 0 Å². The summed E-state index contributed by atoms with van der Waals surface area (Å²) in [5.74, 6) is -0.191. The maximum atomic E-state index is 11.4. The van der Waals surface area contributed by atoms with Gasteiger partial charge >= 0.3 is 0 Å². The molecular weight excluding hydrogens is 1070 g/mol. The number of hydrogen-bond acceptors (Lipinski definition) is 2. The van der Waals surface area contributed by atoms with Crippen LogP contribution in [0.1, 0.15) is 16.7 Å². The van der Waals surface area contributed by atoms with Crippen LogP contribution in [0.3, 0.4) is 0 Å². The van der Waals surface area contributed by atoms with Crippen molar-refractivity contribution in [3.05, 3.63) is 324 Å². The van der Waals surface area contributed by atoms with Gasteiger partial charge in [-0.15, -0.1) is 0 Å².